The number of nitrogens with one attached hydrogen (secondary N) is 3. The van der Waals surface area contributed by atoms with Gasteiger partial charge >= 0.3 is 0 Å². The van der Waals surface area contributed by atoms with Crippen LogP contribution >= 0.6 is 11.6 Å². The molecular formula is C18H19ClFN7O. The Bertz CT molecular complexity index is 969. The van der Waals surface area contributed by atoms with Gasteiger partial charge in [0.15, 0.2) is 0 Å². The van der Waals surface area contributed by atoms with E-state index in [1.165, 1.54) is 24.4 Å². The molecule has 10 heteroatoms. The van der Waals surface area contributed by atoms with E-state index in [-0.39, 0.29) is 5.69 Å². The minimum atomic E-state index is -0.654. The minimum absolute atomic E-state index is 0.123. The molecule has 8 nitrogen and oxygen atoms in total. The summed E-state index contributed by atoms with van der Waals surface area (Å²) < 4.78 is 15.9. The van der Waals surface area contributed by atoms with E-state index in [4.69, 9.17) is 11.6 Å². The van der Waals surface area contributed by atoms with Crippen molar-refractivity contribution in [3.8, 4) is 0 Å². The highest BCUT2D eigenvalue weighted by Gasteiger charge is 2.21. The molecule has 3 N–H and O–H groups in total. The van der Waals surface area contributed by atoms with E-state index >= 15 is 0 Å². The maximum atomic E-state index is 14.2. The monoisotopic (exact) mass is 403 g/mol. The molecule has 3 rings (SSSR count). The summed E-state index contributed by atoms with van der Waals surface area (Å²) in [4.78, 5) is 20.1. The van der Waals surface area contributed by atoms with Gasteiger partial charge in [0.2, 0.25) is 12.2 Å². The largest absolute Gasteiger partial charge is 0.343 e. The lowest BCUT2D eigenvalue weighted by molar-refractivity contribution is -0.111. The van der Waals surface area contributed by atoms with Crippen molar-refractivity contribution in [1.29, 1.82) is 0 Å². The number of nitrogens with zero attached hydrogens (tertiary/aromatic N) is 4. The third kappa shape index (κ3) is 4.55. The van der Waals surface area contributed by atoms with Crippen LogP contribution in [0, 0.1) is 12.7 Å². The number of aliphatic imine (C=N–C) groups is 2. The number of rotatable bonds is 5. The molecule has 2 unspecified atom stereocenters. The number of hydrogen-bond donors (Lipinski definition) is 3. The lowest BCUT2D eigenvalue weighted by Crippen LogP contribution is -2.33. The normalized spacial score (nSPS) is 18.4. The van der Waals surface area contributed by atoms with E-state index in [1.807, 2.05) is 20.2 Å². The third-order valence-corrected chi connectivity index (χ3v) is 4.18. The topological polar surface area (TPSA) is 95.7 Å². The quantitative estimate of drug-likeness (QED) is 0.528. The van der Waals surface area contributed by atoms with Crippen molar-refractivity contribution in [1.82, 2.24) is 9.78 Å². The number of carbonyl (C=O) groups excluding carboxylic acids is 1. The predicted octanol–water partition coefficient (Wildman–Crippen LogP) is 2.89. The van der Waals surface area contributed by atoms with Crippen LogP contribution in [0.25, 0.3) is 0 Å². The first-order valence-electron chi connectivity index (χ1n) is 8.37. The number of amides is 1. The van der Waals surface area contributed by atoms with Crippen LogP contribution in [-0.4, -0.2) is 39.4 Å². The summed E-state index contributed by atoms with van der Waals surface area (Å²) >= 11 is 6.24. The molecule has 2 atom stereocenters. The lowest BCUT2D eigenvalue weighted by atomic mass is 10.2. The van der Waals surface area contributed by atoms with Crippen LogP contribution < -0.4 is 16.0 Å². The van der Waals surface area contributed by atoms with E-state index in [2.05, 4.69) is 37.6 Å². The van der Waals surface area contributed by atoms with Crippen LogP contribution in [0.5, 0.6) is 0 Å². The second-order valence-electron chi connectivity index (χ2n) is 6.05. The van der Waals surface area contributed by atoms with E-state index in [0.717, 1.165) is 17.5 Å². The van der Waals surface area contributed by atoms with Crippen molar-refractivity contribution in [3.05, 3.63) is 48.6 Å². The maximum Gasteiger partial charge on any atom is 0.247 e. The number of benzene rings is 1. The van der Waals surface area contributed by atoms with E-state index in [0.29, 0.717) is 11.5 Å². The third-order valence-electron chi connectivity index (χ3n) is 3.86. The summed E-state index contributed by atoms with van der Waals surface area (Å²) in [6.07, 6.45) is 3.82. The average Bonchev–Trinajstić information content (AvgIpc) is 2.97. The first-order valence-corrected chi connectivity index (χ1v) is 8.81. The van der Waals surface area contributed by atoms with Gasteiger partial charge in [0.1, 0.15) is 17.0 Å². The zero-order valence-electron chi connectivity index (χ0n) is 15.3. The number of carbonyl (C=O) groups is 1. The molecule has 0 saturated heterocycles. The second kappa shape index (κ2) is 8.22. The van der Waals surface area contributed by atoms with Crippen LogP contribution in [0.4, 0.5) is 21.5 Å². The molecule has 0 spiro atoms. The summed E-state index contributed by atoms with van der Waals surface area (Å²) in [6.45, 7) is 5.25. The Kier molecular flexibility index (Phi) is 5.74. The van der Waals surface area contributed by atoms with Gasteiger partial charge in [0.25, 0.3) is 0 Å². The zero-order chi connectivity index (χ0) is 20.3. The van der Waals surface area contributed by atoms with Gasteiger partial charge < -0.3 is 16.0 Å². The summed E-state index contributed by atoms with van der Waals surface area (Å²) in [7, 11) is 1.81. The van der Waals surface area contributed by atoms with Crippen LogP contribution in [0.15, 0.2) is 47.0 Å². The predicted molar refractivity (Wildman–Crippen MR) is 110 cm³/mol. The van der Waals surface area contributed by atoms with Gasteiger partial charge in [-0.2, -0.15) is 5.10 Å². The van der Waals surface area contributed by atoms with Gasteiger partial charge in [0.05, 0.1) is 17.1 Å². The first-order chi connectivity index (χ1) is 13.4. The van der Waals surface area contributed by atoms with Crippen molar-refractivity contribution in [2.45, 2.75) is 18.6 Å². The molecule has 146 valence electrons. The van der Waals surface area contributed by atoms with Gasteiger partial charge in [-0.15, -0.1) is 11.6 Å². The average molecular weight is 404 g/mol. The molecule has 1 aromatic heterocycles. The molecule has 0 radical (unpaired) electrons. The highest BCUT2D eigenvalue weighted by molar-refractivity contribution is 6.42. The van der Waals surface area contributed by atoms with Crippen LogP contribution in [0.1, 0.15) is 5.69 Å². The molecular weight excluding hydrogens is 385 g/mol. The molecule has 0 aliphatic carbocycles. The zero-order valence-corrected chi connectivity index (χ0v) is 16.0. The number of hydrogen-bond acceptors (Lipinski definition) is 6. The van der Waals surface area contributed by atoms with Crippen molar-refractivity contribution in [2.24, 2.45) is 17.0 Å². The Morgan fingerprint density at radius 2 is 2.18 bits per heavy atom. The fourth-order valence-corrected chi connectivity index (χ4v) is 2.72. The van der Waals surface area contributed by atoms with Gasteiger partial charge in [-0.1, -0.05) is 6.58 Å². The Hall–Kier alpha value is -3.20. The van der Waals surface area contributed by atoms with Crippen LogP contribution in [0.3, 0.4) is 0 Å². The molecule has 1 amide bonds. The fraction of sp³-hybridized carbons (Fsp3) is 0.222. The van der Waals surface area contributed by atoms with E-state index in [9.17, 15) is 9.18 Å². The molecule has 1 aliphatic heterocycles. The van der Waals surface area contributed by atoms with E-state index in [1.54, 1.807) is 4.68 Å². The fourth-order valence-electron chi connectivity index (χ4n) is 2.55. The summed E-state index contributed by atoms with van der Waals surface area (Å²) in [5.74, 6) is -0.592. The van der Waals surface area contributed by atoms with E-state index < -0.39 is 23.4 Å². The number of aryl methyl sites for hydroxylation is 2. The molecule has 0 bridgehead atoms. The Morgan fingerprint density at radius 1 is 1.39 bits per heavy atom. The van der Waals surface area contributed by atoms with Gasteiger partial charge in [-0.3, -0.25) is 9.48 Å². The smallest absolute Gasteiger partial charge is 0.247 e. The highest BCUT2D eigenvalue weighted by Crippen LogP contribution is 2.22. The van der Waals surface area contributed by atoms with Crippen molar-refractivity contribution in [3.63, 3.8) is 0 Å². The van der Waals surface area contributed by atoms with Crippen molar-refractivity contribution >= 4 is 46.6 Å². The Labute approximate surface area is 166 Å². The number of aromatic nitrogens is 2. The summed E-state index contributed by atoms with van der Waals surface area (Å²) in [5.41, 5.74) is 2.11. The highest BCUT2D eigenvalue weighted by atomic mass is 35.5. The molecule has 28 heavy (non-hydrogen) atoms. The van der Waals surface area contributed by atoms with Crippen molar-refractivity contribution < 1.29 is 9.18 Å². The summed E-state index contributed by atoms with van der Waals surface area (Å²) in [6, 6.07) is 4.12. The number of anilines is 3. The van der Waals surface area contributed by atoms with Gasteiger partial charge in [-0.25, -0.2) is 14.4 Å². The van der Waals surface area contributed by atoms with Crippen LogP contribution in [0.2, 0.25) is 0 Å². The molecule has 2 aromatic rings. The Morgan fingerprint density at radius 3 is 2.86 bits per heavy atom. The SMILES string of the molecule is C=CC(=O)Nc1ccc(F)c(NC2=NC(Nc3cn(C)nc3C)N=CC2Cl)c1. The van der Waals surface area contributed by atoms with Crippen molar-refractivity contribution in [2.75, 3.05) is 16.0 Å². The number of alkyl halides is 1. The number of amidine groups is 1. The molecule has 1 aliphatic rings. The first kappa shape index (κ1) is 19.6. The molecule has 0 saturated carbocycles. The Balaban J connectivity index is 1.79. The number of halogens is 2. The molecule has 2 heterocycles. The molecule has 0 fully saturated rings. The second-order valence-corrected chi connectivity index (χ2v) is 6.52. The van der Waals surface area contributed by atoms with Gasteiger partial charge in [-0.05, 0) is 31.2 Å². The lowest BCUT2D eigenvalue weighted by Gasteiger charge is -2.21. The standard InChI is InChI=1S/C18H19ClFN7O/c1-4-16(28)22-11-5-6-13(20)14(7-11)23-17-12(19)8-21-18(25-17)24-15-9-27(3)26-10(15)2/h4-9,12,18,24H,1H2,2-3H3,(H,22,28)(H,23,25). The summed E-state index contributed by atoms with van der Waals surface area (Å²) in [5, 5.41) is 12.2. The van der Waals surface area contributed by atoms with Crippen LogP contribution in [-0.2, 0) is 11.8 Å². The minimum Gasteiger partial charge on any atom is -0.343 e. The molecule has 1 aromatic carbocycles. The maximum absolute atomic E-state index is 14.2. The van der Waals surface area contributed by atoms with Gasteiger partial charge in [0, 0.05) is 25.1 Å².